The van der Waals surface area contributed by atoms with Crippen LogP contribution in [-0.4, -0.2) is 55.4 Å². The largest absolute Gasteiger partial charge is 0.467 e. The minimum atomic E-state index is -0.918. The Hall–Kier alpha value is -3.34. The van der Waals surface area contributed by atoms with E-state index in [1.54, 1.807) is 23.9 Å². The van der Waals surface area contributed by atoms with Crippen molar-refractivity contribution in [1.29, 1.82) is 0 Å². The molecule has 0 bridgehead atoms. The number of urea groups is 1. The van der Waals surface area contributed by atoms with Gasteiger partial charge in [-0.05, 0) is 42.7 Å². The molecular weight excluding hydrogens is 420 g/mol. The van der Waals surface area contributed by atoms with Crippen LogP contribution in [0.2, 0.25) is 0 Å². The summed E-state index contributed by atoms with van der Waals surface area (Å²) in [6, 6.07) is 7.11. The third-order valence-corrected chi connectivity index (χ3v) is 5.63. The smallest absolute Gasteiger partial charge is 0.325 e. The molecule has 1 aliphatic rings. The van der Waals surface area contributed by atoms with Gasteiger partial charge in [0.15, 0.2) is 11.5 Å². The summed E-state index contributed by atoms with van der Waals surface area (Å²) in [5.74, 6) is 1.12. The monoisotopic (exact) mass is 442 g/mol. The number of fused-ring (bicyclic) bond motifs is 1. The molecule has 0 radical (unpaired) electrons. The number of imide groups is 1. The number of aromatic nitrogens is 3. The van der Waals surface area contributed by atoms with Gasteiger partial charge >= 0.3 is 6.03 Å². The van der Waals surface area contributed by atoms with Crippen molar-refractivity contribution in [2.75, 3.05) is 12.0 Å². The SMILES string of the molecule is CSCC[C@H](NC(=O)C[C@@H]1NC(=O)N(Cc2ccco2)C1=O)c1nnc2ccccn12. The predicted octanol–water partition coefficient (Wildman–Crippen LogP) is 1.74. The van der Waals surface area contributed by atoms with Crippen LogP contribution in [0.3, 0.4) is 0 Å². The average Bonchev–Trinajstić information content (AvgIpc) is 3.48. The highest BCUT2D eigenvalue weighted by Crippen LogP contribution is 2.20. The highest BCUT2D eigenvalue weighted by Gasteiger charge is 2.39. The molecule has 31 heavy (non-hydrogen) atoms. The quantitative estimate of drug-likeness (QED) is 0.484. The van der Waals surface area contributed by atoms with Crippen LogP contribution in [0.15, 0.2) is 47.2 Å². The molecule has 0 unspecified atom stereocenters. The van der Waals surface area contributed by atoms with Crippen LogP contribution in [-0.2, 0) is 16.1 Å². The van der Waals surface area contributed by atoms with Crippen LogP contribution in [0.5, 0.6) is 0 Å². The van der Waals surface area contributed by atoms with Gasteiger partial charge < -0.3 is 15.1 Å². The number of nitrogens with one attached hydrogen (secondary N) is 2. The summed E-state index contributed by atoms with van der Waals surface area (Å²) in [6.07, 6.45) is 5.79. The standard InChI is InChI=1S/C20H22N6O4S/c1-31-10-7-14(18-24-23-16-6-2-3-8-25(16)18)21-17(27)11-15-19(28)26(20(29)22-15)12-13-5-4-9-30-13/h2-6,8-9,14-15H,7,10-12H2,1H3,(H,21,27)(H,22,29)/t14-,15-/m0/s1. The van der Waals surface area contributed by atoms with Gasteiger partial charge in [-0.3, -0.25) is 18.9 Å². The Morgan fingerprint density at radius 1 is 1.29 bits per heavy atom. The van der Waals surface area contributed by atoms with Crippen LogP contribution in [0.1, 0.15) is 30.5 Å². The third-order valence-electron chi connectivity index (χ3n) is 4.99. The van der Waals surface area contributed by atoms with Crippen molar-refractivity contribution in [1.82, 2.24) is 30.1 Å². The number of rotatable bonds is 9. The molecule has 2 atom stereocenters. The fourth-order valence-electron chi connectivity index (χ4n) is 3.46. The summed E-state index contributed by atoms with van der Waals surface area (Å²) in [5, 5.41) is 13.9. The highest BCUT2D eigenvalue weighted by atomic mass is 32.2. The molecule has 1 aliphatic heterocycles. The molecule has 4 amide bonds. The van der Waals surface area contributed by atoms with E-state index in [1.165, 1.54) is 6.26 Å². The molecule has 162 valence electrons. The lowest BCUT2D eigenvalue weighted by atomic mass is 10.1. The topological polar surface area (TPSA) is 122 Å². The first-order valence-electron chi connectivity index (χ1n) is 9.79. The number of furan rings is 1. The number of pyridine rings is 1. The summed E-state index contributed by atoms with van der Waals surface area (Å²) in [7, 11) is 0. The van der Waals surface area contributed by atoms with Gasteiger partial charge in [0.25, 0.3) is 5.91 Å². The van der Waals surface area contributed by atoms with Gasteiger partial charge in [-0.1, -0.05) is 6.07 Å². The van der Waals surface area contributed by atoms with Crippen molar-refractivity contribution < 1.29 is 18.8 Å². The van der Waals surface area contributed by atoms with Gasteiger partial charge in [-0.15, -0.1) is 10.2 Å². The first-order valence-corrected chi connectivity index (χ1v) is 11.2. The zero-order chi connectivity index (χ0) is 21.8. The fraction of sp³-hybridized carbons (Fsp3) is 0.350. The maximum absolute atomic E-state index is 12.8. The van der Waals surface area contributed by atoms with Gasteiger partial charge in [0.1, 0.15) is 11.8 Å². The molecular formula is C20H22N6O4S. The maximum Gasteiger partial charge on any atom is 0.325 e. The van der Waals surface area contributed by atoms with E-state index < -0.39 is 18.0 Å². The molecule has 4 heterocycles. The van der Waals surface area contributed by atoms with Crippen molar-refractivity contribution in [2.45, 2.75) is 31.5 Å². The number of hydrogen-bond donors (Lipinski definition) is 2. The van der Waals surface area contributed by atoms with Crippen LogP contribution in [0.25, 0.3) is 5.65 Å². The van der Waals surface area contributed by atoms with E-state index in [9.17, 15) is 14.4 Å². The van der Waals surface area contributed by atoms with E-state index in [4.69, 9.17) is 4.42 Å². The van der Waals surface area contributed by atoms with Crippen LogP contribution >= 0.6 is 11.8 Å². The Morgan fingerprint density at radius 3 is 2.94 bits per heavy atom. The average molecular weight is 443 g/mol. The summed E-state index contributed by atoms with van der Waals surface area (Å²) in [5.41, 5.74) is 0.688. The number of carbonyl (C=O) groups excluding carboxylic acids is 3. The van der Waals surface area contributed by atoms with Gasteiger partial charge in [-0.2, -0.15) is 11.8 Å². The molecule has 3 aromatic rings. The minimum absolute atomic E-state index is 0.0257. The maximum atomic E-state index is 12.8. The molecule has 0 saturated carbocycles. The molecule has 0 aromatic carbocycles. The molecule has 11 heteroatoms. The molecule has 10 nitrogen and oxygen atoms in total. The van der Waals surface area contributed by atoms with Gasteiger partial charge in [0, 0.05) is 6.20 Å². The number of amides is 4. The highest BCUT2D eigenvalue weighted by molar-refractivity contribution is 7.98. The van der Waals surface area contributed by atoms with Gasteiger partial charge in [-0.25, -0.2) is 4.79 Å². The Labute approximate surface area is 182 Å². The molecule has 2 N–H and O–H groups in total. The first kappa shape index (κ1) is 20.9. The minimum Gasteiger partial charge on any atom is -0.467 e. The Balaban J connectivity index is 1.43. The second-order valence-corrected chi connectivity index (χ2v) is 8.08. The normalized spacial score (nSPS) is 17.2. The van der Waals surface area contributed by atoms with E-state index in [1.807, 2.05) is 35.1 Å². The lowest BCUT2D eigenvalue weighted by Gasteiger charge is -2.18. The van der Waals surface area contributed by atoms with Crippen LogP contribution in [0, 0.1) is 0 Å². The second-order valence-electron chi connectivity index (χ2n) is 7.10. The van der Waals surface area contributed by atoms with E-state index >= 15 is 0 Å². The summed E-state index contributed by atoms with van der Waals surface area (Å²) in [4.78, 5) is 38.6. The number of carbonyl (C=O) groups is 3. The van der Waals surface area contributed by atoms with Crippen molar-refractivity contribution in [2.24, 2.45) is 0 Å². The Morgan fingerprint density at radius 2 is 2.16 bits per heavy atom. The third kappa shape index (κ3) is 4.55. The van der Waals surface area contributed by atoms with E-state index in [-0.39, 0.29) is 24.9 Å². The Bertz CT molecular complexity index is 1080. The molecule has 0 spiro atoms. The van der Waals surface area contributed by atoms with Crippen molar-refractivity contribution in [3.8, 4) is 0 Å². The van der Waals surface area contributed by atoms with Crippen LogP contribution < -0.4 is 10.6 Å². The van der Waals surface area contributed by atoms with Gasteiger partial charge in [0.05, 0.1) is 25.3 Å². The van der Waals surface area contributed by atoms with Crippen molar-refractivity contribution in [3.05, 3.63) is 54.4 Å². The number of hydrogen-bond acceptors (Lipinski definition) is 7. The molecule has 3 aromatic heterocycles. The van der Waals surface area contributed by atoms with Crippen LogP contribution in [0.4, 0.5) is 4.79 Å². The van der Waals surface area contributed by atoms with E-state index in [2.05, 4.69) is 20.8 Å². The van der Waals surface area contributed by atoms with E-state index in [0.29, 0.717) is 23.7 Å². The van der Waals surface area contributed by atoms with Crippen molar-refractivity contribution >= 4 is 35.3 Å². The summed E-state index contributed by atoms with van der Waals surface area (Å²) in [6.45, 7) is 0.0257. The molecule has 0 aliphatic carbocycles. The second kappa shape index (κ2) is 9.21. The Kier molecular flexibility index (Phi) is 6.21. The van der Waals surface area contributed by atoms with E-state index in [0.717, 1.165) is 10.7 Å². The molecule has 1 fully saturated rings. The molecule has 1 saturated heterocycles. The number of thioether (sulfide) groups is 1. The first-order chi connectivity index (χ1) is 15.1. The zero-order valence-corrected chi connectivity index (χ0v) is 17.7. The fourth-order valence-corrected chi connectivity index (χ4v) is 3.93. The lowest BCUT2D eigenvalue weighted by molar-refractivity contribution is -0.131. The zero-order valence-electron chi connectivity index (χ0n) is 16.9. The summed E-state index contributed by atoms with van der Waals surface area (Å²) >= 11 is 1.66. The number of nitrogens with zero attached hydrogens (tertiary/aromatic N) is 4. The molecule has 4 rings (SSSR count). The lowest BCUT2D eigenvalue weighted by Crippen LogP contribution is -2.38. The van der Waals surface area contributed by atoms with Crippen molar-refractivity contribution in [3.63, 3.8) is 0 Å². The summed E-state index contributed by atoms with van der Waals surface area (Å²) < 4.78 is 7.04. The predicted molar refractivity (Wildman–Crippen MR) is 113 cm³/mol. The van der Waals surface area contributed by atoms with Gasteiger partial charge in [0.2, 0.25) is 5.91 Å².